The predicted molar refractivity (Wildman–Crippen MR) is 150 cm³/mol. The lowest BCUT2D eigenvalue weighted by Gasteiger charge is -2.17. The Hall–Kier alpha value is -3.76. The molecule has 2 aromatic carbocycles. The number of hydrogen-bond donors (Lipinski definition) is 6. The van der Waals surface area contributed by atoms with Gasteiger partial charge in [-0.15, -0.1) is 0 Å². The van der Waals surface area contributed by atoms with Gasteiger partial charge in [0.1, 0.15) is 11.0 Å². The van der Waals surface area contributed by atoms with E-state index < -0.39 is 0 Å². The van der Waals surface area contributed by atoms with Gasteiger partial charge in [-0.1, -0.05) is 26.0 Å². The third kappa shape index (κ3) is 7.39. The van der Waals surface area contributed by atoms with Crippen molar-refractivity contribution in [2.24, 2.45) is 11.8 Å². The maximum Gasteiger partial charge on any atom is 0.254 e. The van der Waals surface area contributed by atoms with E-state index >= 15 is 0 Å². The molecule has 0 aliphatic heterocycles. The zero-order chi connectivity index (χ0) is 27.1. The summed E-state index contributed by atoms with van der Waals surface area (Å²) in [6, 6.07) is 11.1. The third-order valence-electron chi connectivity index (χ3n) is 6.33. The number of hydrogen-bond acceptors (Lipinski definition) is 6. The molecule has 0 spiro atoms. The van der Waals surface area contributed by atoms with Crippen LogP contribution in [0.4, 0.5) is 0 Å². The maximum atomic E-state index is 12.2. The van der Waals surface area contributed by atoms with Gasteiger partial charge in [0.25, 0.3) is 11.8 Å². The molecule has 6 N–H and O–H groups in total. The predicted octanol–water partition coefficient (Wildman–Crippen LogP) is 3.52. The quantitative estimate of drug-likeness (QED) is 0.178. The first-order valence-electron chi connectivity index (χ1n) is 13.2. The molecular weight excluding hydrogens is 480 g/mol. The minimum atomic E-state index is -0.110. The van der Waals surface area contributed by atoms with Crippen LogP contribution in [0.2, 0.25) is 0 Å². The molecule has 4 aromatic rings. The van der Waals surface area contributed by atoms with E-state index in [-0.39, 0.29) is 24.1 Å². The molecule has 2 atom stereocenters. The maximum absolute atomic E-state index is 12.2. The van der Waals surface area contributed by atoms with Crippen LogP contribution >= 0.6 is 0 Å². The monoisotopic (exact) mass is 518 g/mol. The summed E-state index contributed by atoms with van der Waals surface area (Å²) in [4.78, 5) is 38.8. The number of aromatic nitrogens is 4. The number of carbonyl (C=O) groups is 2. The van der Waals surface area contributed by atoms with Crippen molar-refractivity contribution in [3.8, 4) is 0 Å². The fraction of sp³-hybridized carbons (Fsp3) is 0.429. The van der Waals surface area contributed by atoms with Crippen LogP contribution < -0.4 is 21.3 Å². The molecular formula is C28H38N8O2. The standard InChI is InChI=1S/C14H18N4O.C14H20N4O/c1-9(15-7-10-5-6-10)18-14(19)11-3-2-4-12-13(11)17-8-16-12;1-9(2)7-15-10(3)18-14(19)11-5-4-6-12-13(11)17-8-16-12/h2-4,8-10,15H,5-7H2,1H3,(H,16,17)(H,18,19);4-6,8-10,15H,7H2,1-3H3,(H,16,17)(H,18,19). The third-order valence-corrected chi connectivity index (χ3v) is 6.33. The zero-order valence-corrected chi connectivity index (χ0v) is 22.5. The molecule has 1 aliphatic carbocycles. The van der Waals surface area contributed by atoms with Gasteiger partial charge < -0.3 is 20.6 Å². The molecule has 2 aromatic heterocycles. The summed E-state index contributed by atoms with van der Waals surface area (Å²) in [6.45, 7) is 10.0. The molecule has 2 unspecified atom stereocenters. The summed E-state index contributed by atoms with van der Waals surface area (Å²) in [5, 5.41) is 12.5. The van der Waals surface area contributed by atoms with Crippen LogP contribution in [0, 0.1) is 11.8 Å². The fourth-order valence-corrected chi connectivity index (χ4v) is 4.03. The van der Waals surface area contributed by atoms with E-state index in [2.05, 4.69) is 55.1 Å². The summed E-state index contributed by atoms with van der Waals surface area (Å²) in [6.07, 6.45) is 5.73. The summed E-state index contributed by atoms with van der Waals surface area (Å²) in [5.74, 6) is 1.15. The summed E-state index contributed by atoms with van der Waals surface area (Å²) in [7, 11) is 0. The Kier molecular flexibility index (Phi) is 9.09. The van der Waals surface area contributed by atoms with Crippen LogP contribution in [0.3, 0.4) is 0 Å². The molecule has 0 saturated heterocycles. The summed E-state index contributed by atoms with van der Waals surface area (Å²) in [5.41, 5.74) is 4.38. The lowest BCUT2D eigenvalue weighted by atomic mass is 10.1. The van der Waals surface area contributed by atoms with Crippen molar-refractivity contribution < 1.29 is 9.59 Å². The molecule has 2 heterocycles. The molecule has 0 bridgehead atoms. The second kappa shape index (κ2) is 12.7. The number of carbonyl (C=O) groups excluding carboxylic acids is 2. The molecule has 5 rings (SSSR count). The zero-order valence-electron chi connectivity index (χ0n) is 22.5. The van der Waals surface area contributed by atoms with Crippen molar-refractivity contribution >= 4 is 33.9 Å². The first-order valence-corrected chi connectivity index (χ1v) is 13.2. The Balaban J connectivity index is 0.000000177. The Labute approximate surface area is 222 Å². The number of aromatic amines is 2. The Morgan fingerprint density at radius 2 is 1.32 bits per heavy atom. The normalized spacial score (nSPS) is 14.7. The lowest BCUT2D eigenvalue weighted by Crippen LogP contribution is -2.44. The molecule has 0 radical (unpaired) electrons. The van der Waals surface area contributed by atoms with Crippen LogP contribution in [0.25, 0.3) is 22.1 Å². The van der Waals surface area contributed by atoms with E-state index in [1.807, 2.05) is 38.1 Å². The van der Waals surface area contributed by atoms with Crippen molar-refractivity contribution in [1.82, 2.24) is 41.2 Å². The van der Waals surface area contributed by atoms with Crippen LogP contribution in [0.1, 0.15) is 61.3 Å². The van der Waals surface area contributed by atoms with Crippen LogP contribution in [0.15, 0.2) is 49.1 Å². The van der Waals surface area contributed by atoms with Crippen LogP contribution in [-0.4, -0.2) is 57.2 Å². The van der Waals surface area contributed by atoms with Crippen LogP contribution in [0.5, 0.6) is 0 Å². The molecule has 2 amide bonds. The Morgan fingerprint density at radius 3 is 1.79 bits per heavy atom. The molecule has 10 nitrogen and oxygen atoms in total. The van der Waals surface area contributed by atoms with Gasteiger partial charge in [0.05, 0.1) is 47.1 Å². The average molecular weight is 519 g/mol. The van der Waals surface area contributed by atoms with E-state index in [0.717, 1.165) is 35.6 Å². The van der Waals surface area contributed by atoms with Crippen molar-refractivity contribution in [3.05, 3.63) is 60.2 Å². The lowest BCUT2D eigenvalue weighted by molar-refractivity contribution is 0.0925. The van der Waals surface area contributed by atoms with E-state index in [9.17, 15) is 9.59 Å². The largest absolute Gasteiger partial charge is 0.345 e. The number of para-hydroxylation sites is 2. The van der Waals surface area contributed by atoms with E-state index in [1.54, 1.807) is 24.8 Å². The van der Waals surface area contributed by atoms with Gasteiger partial charge in [0, 0.05) is 0 Å². The number of amides is 2. The average Bonchev–Trinajstić information content (AvgIpc) is 3.38. The minimum Gasteiger partial charge on any atom is -0.345 e. The highest BCUT2D eigenvalue weighted by Crippen LogP contribution is 2.27. The number of benzene rings is 2. The first-order chi connectivity index (χ1) is 18.3. The molecule has 1 saturated carbocycles. The van der Waals surface area contributed by atoms with Gasteiger partial charge >= 0.3 is 0 Å². The highest BCUT2D eigenvalue weighted by atomic mass is 16.2. The summed E-state index contributed by atoms with van der Waals surface area (Å²) < 4.78 is 0. The topological polar surface area (TPSA) is 140 Å². The van der Waals surface area contributed by atoms with Gasteiger partial charge in [-0.05, 0) is 75.9 Å². The molecule has 1 aliphatic rings. The van der Waals surface area contributed by atoms with E-state index in [0.29, 0.717) is 22.6 Å². The number of H-pyrrole nitrogens is 2. The van der Waals surface area contributed by atoms with Crippen LogP contribution in [-0.2, 0) is 0 Å². The van der Waals surface area contributed by atoms with Gasteiger partial charge in [0.15, 0.2) is 0 Å². The SMILES string of the molecule is CC(C)CNC(C)NC(=O)c1cccc2[nH]cnc12.CC(NCC1CC1)NC(=O)c1cccc2[nH]cnc12. The second-order valence-corrected chi connectivity index (χ2v) is 10.3. The minimum absolute atomic E-state index is 0.0257. The van der Waals surface area contributed by atoms with Gasteiger partial charge in [-0.25, -0.2) is 9.97 Å². The first kappa shape index (κ1) is 27.3. The van der Waals surface area contributed by atoms with E-state index in [1.165, 1.54) is 12.8 Å². The highest BCUT2D eigenvalue weighted by molar-refractivity contribution is 6.05. The molecule has 10 heteroatoms. The van der Waals surface area contributed by atoms with Gasteiger partial charge in [-0.3, -0.25) is 20.2 Å². The molecule has 202 valence electrons. The second-order valence-electron chi connectivity index (χ2n) is 10.3. The van der Waals surface area contributed by atoms with Gasteiger partial charge in [-0.2, -0.15) is 0 Å². The number of rotatable bonds is 10. The van der Waals surface area contributed by atoms with Crippen molar-refractivity contribution in [1.29, 1.82) is 0 Å². The van der Waals surface area contributed by atoms with Crippen molar-refractivity contribution in [3.63, 3.8) is 0 Å². The van der Waals surface area contributed by atoms with Gasteiger partial charge in [0.2, 0.25) is 0 Å². The smallest absolute Gasteiger partial charge is 0.254 e. The fourth-order valence-electron chi connectivity index (χ4n) is 4.03. The summed E-state index contributed by atoms with van der Waals surface area (Å²) >= 11 is 0. The van der Waals surface area contributed by atoms with Crippen molar-refractivity contribution in [2.75, 3.05) is 13.1 Å². The number of imidazole rings is 2. The number of nitrogens with one attached hydrogen (secondary N) is 6. The van der Waals surface area contributed by atoms with E-state index in [4.69, 9.17) is 0 Å². The number of fused-ring (bicyclic) bond motifs is 2. The molecule has 38 heavy (non-hydrogen) atoms. The Bertz CT molecular complexity index is 1260. The van der Waals surface area contributed by atoms with Crippen molar-refractivity contribution in [2.45, 2.75) is 52.9 Å². The number of nitrogens with zero attached hydrogens (tertiary/aromatic N) is 2. The highest BCUT2D eigenvalue weighted by Gasteiger charge is 2.22. The Morgan fingerprint density at radius 1 is 0.816 bits per heavy atom. The molecule has 1 fully saturated rings.